The molecule has 0 aliphatic carbocycles. The fraction of sp³-hybridized carbons (Fsp3) is 0.381. The summed E-state index contributed by atoms with van der Waals surface area (Å²) in [5, 5.41) is 2.32. The fourth-order valence-corrected chi connectivity index (χ4v) is 3.43. The van der Waals surface area contributed by atoms with Crippen LogP contribution in [0.25, 0.3) is 0 Å². The maximum Gasteiger partial charge on any atom is 0.457 e. The first-order valence-electron chi connectivity index (χ1n) is 9.78. The maximum absolute atomic E-state index is 15.0. The zero-order valence-corrected chi connectivity index (χ0v) is 18.2. The summed E-state index contributed by atoms with van der Waals surface area (Å²) in [4.78, 5) is 12.8. The molecule has 5 N–H and O–H groups in total. The van der Waals surface area contributed by atoms with Crippen LogP contribution in [-0.4, -0.2) is 31.3 Å². The van der Waals surface area contributed by atoms with Crippen LogP contribution < -0.4 is 21.5 Å². The van der Waals surface area contributed by atoms with Crippen molar-refractivity contribution in [3.63, 3.8) is 0 Å². The van der Waals surface area contributed by atoms with E-state index in [1.165, 1.54) is 32.2 Å². The van der Waals surface area contributed by atoms with Gasteiger partial charge in [0, 0.05) is 17.8 Å². The number of carbonyl (C=O) groups excluding carboxylic acids is 1. The van der Waals surface area contributed by atoms with Crippen LogP contribution in [0.3, 0.4) is 0 Å². The van der Waals surface area contributed by atoms with Crippen molar-refractivity contribution in [2.45, 2.75) is 43.8 Å². The van der Waals surface area contributed by atoms with Gasteiger partial charge in [-0.15, -0.1) is 0 Å². The molecule has 14 heteroatoms. The molecule has 0 heterocycles. The molecule has 0 spiro atoms. The molecule has 194 valence electrons. The van der Waals surface area contributed by atoms with E-state index < -0.39 is 47.5 Å². The molecule has 0 aliphatic rings. The summed E-state index contributed by atoms with van der Waals surface area (Å²) in [6, 6.07) is 4.40. The van der Waals surface area contributed by atoms with Crippen molar-refractivity contribution < 1.29 is 49.0 Å². The normalized spacial score (nSPS) is 14.4. The number of alkyl halides is 9. The van der Waals surface area contributed by atoms with Gasteiger partial charge >= 0.3 is 23.9 Å². The van der Waals surface area contributed by atoms with Gasteiger partial charge in [-0.1, -0.05) is 13.0 Å². The Kier molecular flexibility index (Phi) is 7.60. The number of ether oxygens (including phenoxy) is 1. The maximum atomic E-state index is 15.0. The van der Waals surface area contributed by atoms with E-state index in [-0.39, 0.29) is 46.8 Å². The van der Waals surface area contributed by atoms with Gasteiger partial charge in [-0.2, -0.15) is 35.1 Å². The highest BCUT2D eigenvalue weighted by molar-refractivity contribution is 6.08. The Morgan fingerprint density at radius 2 is 1.54 bits per heavy atom. The van der Waals surface area contributed by atoms with Crippen molar-refractivity contribution in [2.24, 2.45) is 5.73 Å². The molecular weight excluding hydrogens is 497 g/mol. The number of amides is 1. The van der Waals surface area contributed by atoms with E-state index >= 15 is 0 Å². The van der Waals surface area contributed by atoms with Gasteiger partial charge in [0.2, 0.25) is 0 Å². The Morgan fingerprint density at radius 1 is 0.971 bits per heavy atom. The number of anilines is 2. The Morgan fingerprint density at radius 3 is 2.00 bits per heavy atom. The topological polar surface area (TPSA) is 90.4 Å². The van der Waals surface area contributed by atoms with Crippen molar-refractivity contribution >= 4 is 17.3 Å². The van der Waals surface area contributed by atoms with E-state index in [9.17, 15) is 44.3 Å². The second kappa shape index (κ2) is 9.47. The minimum Gasteiger partial charge on any atom is -0.494 e. The first-order valence-corrected chi connectivity index (χ1v) is 9.78. The number of nitrogen functional groups attached to an aromatic ring is 1. The number of rotatable bonds is 7. The second-order valence-electron chi connectivity index (χ2n) is 7.34. The van der Waals surface area contributed by atoms with Crippen molar-refractivity contribution in [2.75, 3.05) is 18.2 Å². The molecule has 0 aliphatic heterocycles. The number of carbonyl (C=O) groups is 1. The number of nitrogens with two attached hydrogens (primary N) is 2. The first kappa shape index (κ1) is 28.1. The molecule has 1 atom stereocenters. The number of nitrogens with one attached hydrogen (secondary N) is 1. The predicted molar refractivity (Wildman–Crippen MR) is 109 cm³/mol. The molecule has 2 aromatic carbocycles. The molecule has 0 aromatic heterocycles. The lowest BCUT2D eigenvalue weighted by Crippen LogP contribution is -2.59. The van der Waals surface area contributed by atoms with Crippen molar-refractivity contribution in [1.82, 2.24) is 0 Å². The largest absolute Gasteiger partial charge is 0.494 e. The third-order valence-electron chi connectivity index (χ3n) is 5.21. The smallest absolute Gasteiger partial charge is 0.457 e. The van der Waals surface area contributed by atoms with Crippen LogP contribution >= 0.6 is 0 Å². The van der Waals surface area contributed by atoms with E-state index in [0.717, 1.165) is 0 Å². The number of halogens is 9. The third-order valence-corrected chi connectivity index (χ3v) is 5.21. The summed E-state index contributed by atoms with van der Waals surface area (Å²) in [5.41, 5.74) is 1.82. The van der Waals surface area contributed by atoms with Crippen LogP contribution in [0.4, 0.5) is 50.9 Å². The average molecular weight is 517 g/mol. The standard InChI is InChI=1S/C21H20F9N3O2/c1-3-10-7-12(18(22,20(25,26)27)19(23,24)21(28,29)30)8-11(9-31)15(10)33-17(34)13-5-4-6-14(32)16(13)35-2/h4-8H,3,9,31-32H2,1-2H3,(H,33,34). The summed E-state index contributed by atoms with van der Waals surface area (Å²) in [7, 11) is 1.21. The van der Waals surface area contributed by atoms with Crippen molar-refractivity contribution in [3.8, 4) is 5.75 Å². The van der Waals surface area contributed by atoms with Gasteiger partial charge in [0.1, 0.15) is 0 Å². The molecule has 0 saturated heterocycles. The van der Waals surface area contributed by atoms with E-state index in [1.807, 2.05) is 0 Å². The van der Waals surface area contributed by atoms with Gasteiger partial charge in [0.15, 0.2) is 5.75 Å². The van der Waals surface area contributed by atoms with E-state index in [0.29, 0.717) is 0 Å². The Hall–Kier alpha value is -3.16. The molecule has 2 aromatic rings. The number of hydrogen-bond acceptors (Lipinski definition) is 4. The van der Waals surface area contributed by atoms with Crippen LogP contribution in [0.2, 0.25) is 0 Å². The van der Waals surface area contributed by atoms with Gasteiger partial charge in [-0.3, -0.25) is 4.79 Å². The lowest BCUT2D eigenvalue weighted by atomic mass is 9.84. The van der Waals surface area contributed by atoms with E-state index in [4.69, 9.17) is 16.2 Å². The zero-order chi connectivity index (χ0) is 27.0. The summed E-state index contributed by atoms with van der Waals surface area (Å²) in [6.45, 7) is 0.557. The minimum absolute atomic E-state index is 0.0568. The molecule has 0 radical (unpaired) electrons. The Labute approximate surface area is 193 Å². The van der Waals surface area contributed by atoms with E-state index in [1.54, 1.807) is 0 Å². The monoisotopic (exact) mass is 517 g/mol. The van der Waals surface area contributed by atoms with Crippen molar-refractivity contribution in [3.05, 3.63) is 52.6 Å². The fourth-order valence-electron chi connectivity index (χ4n) is 3.43. The summed E-state index contributed by atoms with van der Waals surface area (Å²) in [6.07, 6.45) is -13.8. The Balaban J connectivity index is 2.73. The molecule has 1 unspecified atom stereocenters. The molecule has 5 nitrogen and oxygen atoms in total. The summed E-state index contributed by atoms with van der Waals surface area (Å²) < 4.78 is 127. The molecule has 35 heavy (non-hydrogen) atoms. The molecule has 0 fully saturated rings. The number of hydrogen-bond donors (Lipinski definition) is 3. The third kappa shape index (κ3) is 4.70. The van der Waals surface area contributed by atoms with Crippen LogP contribution in [0.15, 0.2) is 30.3 Å². The SMILES string of the molecule is CCc1cc(C(F)(C(F)(F)F)C(F)(F)C(F)(F)F)cc(CN)c1NC(=O)c1cccc(N)c1OC. The van der Waals surface area contributed by atoms with Crippen LogP contribution in [-0.2, 0) is 18.6 Å². The highest BCUT2D eigenvalue weighted by Gasteiger charge is 2.81. The van der Waals surface area contributed by atoms with Crippen LogP contribution in [0.5, 0.6) is 5.75 Å². The van der Waals surface area contributed by atoms with Gasteiger partial charge in [-0.25, -0.2) is 4.39 Å². The molecule has 0 bridgehead atoms. The zero-order valence-electron chi connectivity index (χ0n) is 18.2. The highest BCUT2D eigenvalue weighted by Crippen LogP contribution is 2.58. The van der Waals surface area contributed by atoms with Crippen molar-refractivity contribution in [1.29, 1.82) is 0 Å². The van der Waals surface area contributed by atoms with Gasteiger partial charge < -0.3 is 21.5 Å². The minimum atomic E-state index is -6.87. The van der Waals surface area contributed by atoms with Crippen LogP contribution in [0, 0.1) is 0 Å². The average Bonchev–Trinajstić information content (AvgIpc) is 2.76. The van der Waals surface area contributed by atoms with Gasteiger partial charge in [0.25, 0.3) is 5.91 Å². The lowest BCUT2D eigenvalue weighted by Gasteiger charge is -2.36. The molecule has 1 amide bonds. The number of aryl methyl sites for hydroxylation is 1. The highest BCUT2D eigenvalue weighted by atomic mass is 19.4. The predicted octanol–water partition coefficient (Wildman–Crippen LogP) is 5.48. The summed E-state index contributed by atoms with van der Waals surface area (Å²) in [5.74, 6) is -7.80. The Bertz CT molecular complexity index is 1080. The first-order chi connectivity index (χ1) is 16.0. The quantitative estimate of drug-likeness (QED) is 0.336. The molecular formula is C21H20F9N3O2. The lowest BCUT2D eigenvalue weighted by molar-refractivity contribution is -0.389. The van der Waals surface area contributed by atoms with Crippen LogP contribution in [0.1, 0.15) is 34.0 Å². The number of para-hydroxylation sites is 1. The molecule has 0 saturated carbocycles. The molecule has 2 rings (SSSR count). The summed E-state index contributed by atoms with van der Waals surface area (Å²) >= 11 is 0. The second-order valence-corrected chi connectivity index (χ2v) is 7.34. The van der Waals surface area contributed by atoms with E-state index in [2.05, 4.69) is 5.32 Å². The number of methoxy groups -OCH3 is 1. The van der Waals surface area contributed by atoms with Gasteiger partial charge in [0.05, 0.1) is 18.4 Å². The number of benzene rings is 2. The van der Waals surface area contributed by atoms with Gasteiger partial charge in [-0.05, 0) is 41.8 Å².